The van der Waals surface area contributed by atoms with Gasteiger partial charge in [0.25, 0.3) is 10.0 Å². The molecule has 2 amide bonds. The Kier molecular flexibility index (Phi) is 4.66. The molecular weight excluding hydrogens is 334 g/mol. The zero-order valence-electron chi connectivity index (χ0n) is 13.9. The monoisotopic (exact) mass is 353 g/mol. The maximum atomic E-state index is 12.5. The van der Waals surface area contributed by atoms with Gasteiger partial charge in [0.05, 0.1) is 18.2 Å². The quantitative estimate of drug-likeness (QED) is 0.833. The van der Waals surface area contributed by atoms with Crippen molar-refractivity contribution in [2.45, 2.75) is 37.6 Å². The number of methoxy groups -OCH3 is 1. The van der Waals surface area contributed by atoms with Crippen molar-refractivity contribution in [3.05, 3.63) is 29.8 Å². The van der Waals surface area contributed by atoms with E-state index < -0.39 is 27.6 Å². The molecule has 0 atom stereocenters. The summed E-state index contributed by atoms with van der Waals surface area (Å²) in [6.07, 6.45) is 0.541. The second kappa shape index (κ2) is 6.23. The lowest BCUT2D eigenvalue weighted by Gasteiger charge is -2.28. The average Bonchev–Trinajstić information content (AvgIpc) is 2.78. The molecule has 1 aromatic carbocycles. The number of amides is 2. The topological polar surface area (TPSA) is 105 Å². The molecule has 0 aromatic heterocycles. The van der Waals surface area contributed by atoms with Crippen LogP contribution in [0.2, 0.25) is 0 Å². The number of hydrogen-bond acceptors (Lipinski definition) is 6. The lowest BCUT2D eigenvalue weighted by Crippen LogP contribution is -2.48. The molecule has 130 valence electrons. The first-order chi connectivity index (χ1) is 11.1. The Labute approximate surface area is 140 Å². The number of rotatable bonds is 3. The van der Waals surface area contributed by atoms with Gasteiger partial charge < -0.3 is 4.74 Å². The second-order valence-corrected chi connectivity index (χ2v) is 7.69. The molecule has 0 saturated carbocycles. The second-order valence-electron chi connectivity index (χ2n) is 6.03. The molecule has 0 bridgehead atoms. The molecule has 1 aliphatic rings. The summed E-state index contributed by atoms with van der Waals surface area (Å²) in [4.78, 5) is 23.8. The maximum Gasteiger partial charge on any atom is 0.352 e. The van der Waals surface area contributed by atoms with Gasteiger partial charge in [-0.15, -0.1) is 0 Å². The van der Waals surface area contributed by atoms with Crippen LogP contribution in [-0.2, 0) is 14.8 Å². The molecule has 0 spiro atoms. The average molecular weight is 353 g/mol. The van der Waals surface area contributed by atoms with Crippen molar-refractivity contribution in [2.75, 3.05) is 7.11 Å². The van der Waals surface area contributed by atoms with Gasteiger partial charge in [0, 0.05) is 12.1 Å². The first kappa shape index (κ1) is 17.9. The highest BCUT2D eigenvalue weighted by Gasteiger charge is 2.38. The predicted molar refractivity (Wildman–Crippen MR) is 87.1 cm³/mol. The number of sulfonamides is 1. The standard InChI is InChI=1S/C15H19N3O5S/c1-10-9-15(2,3)18(16-10)14(20)17-24(21,22)12-8-6-5-7-11(12)13(19)23-4/h5-8H,9H2,1-4H3,(H,17,20). The summed E-state index contributed by atoms with van der Waals surface area (Å²) in [5, 5.41) is 5.17. The van der Waals surface area contributed by atoms with Crippen LogP contribution in [0.5, 0.6) is 0 Å². The molecule has 9 heteroatoms. The van der Waals surface area contributed by atoms with Gasteiger partial charge in [-0.3, -0.25) is 0 Å². The highest BCUT2D eigenvalue weighted by Crippen LogP contribution is 2.27. The van der Waals surface area contributed by atoms with Crippen LogP contribution in [0.3, 0.4) is 0 Å². The number of benzene rings is 1. The Balaban J connectivity index is 2.33. The van der Waals surface area contributed by atoms with Crippen molar-refractivity contribution >= 4 is 27.7 Å². The zero-order chi connectivity index (χ0) is 18.1. The fourth-order valence-electron chi connectivity index (χ4n) is 2.56. The van der Waals surface area contributed by atoms with Crippen molar-refractivity contribution in [1.82, 2.24) is 9.73 Å². The molecule has 24 heavy (non-hydrogen) atoms. The molecule has 2 rings (SSSR count). The van der Waals surface area contributed by atoms with E-state index in [1.165, 1.54) is 24.3 Å². The van der Waals surface area contributed by atoms with Crippen LogP contribution in [0.15, 0.2) is 34.3 Å². The van der Waals surface area contributed by atoms with Gasteiger partial charge in [0.2, 0.25) is 0 Å². The van der Waals surface area contributed by atoms with Gasteiger partial charge in [-0.2, -0.15) is 5.10 Å². The first-order valence-electron chi connectivity index (χ1n) is 7.17. The van der Waals surface area contributed by atoms with Gasteiger partial charge in [0.15, 0.2) is 0 Å². The molecule has 1 heterocycles. The Morgan fingerprint density at radius 3 is 2.46 bits per heavy atom. The van der Waals surface area contributed by atoms with E-state index in [9.17, 15) is 18.0 Å². The molecule has 1 aliphatic heterocycles. The number of hydrazone groups is 1. The lowest BCUT2D eigenvalue weighted by molar-refractivity contribution is 0.0596. The third-order valence-corrected chi connectivity index (χ3v) is 4.91. The van der Waals surface area contributed by atoms with E-state index in [1.807, 2.05) is 4.72 Å². The SMILES string of the molecule is COC(=O)c1ccccc1S(=O)(=O)NC(=O)N1N=C(C)CC1(C)C. The van der Waals surface area contributed by atoms with E-state index in [-0.39, 0.29) is 10.5 Å². The van der Waals surface area contributed by atoms with E-state index in [2.05, 4.69) is 9.84 Å². The number of urea groups is 1. The van der Waals surface area contributed by atoms with E-state index in [1.54, 1.807) is 20.8 Å². The molecular formula is C15H19N3O5S. The summed E-state index contributed by atoms with van der Waals surface area (Å²) in [6.45, 7) is 5.32. The summed E-state index contributed by atoms with van der Waals surface area (Å²) in [6, 6.07) is 4.62. The van der Waals surface area contributed by atoms with Crippen LogP contribution in [0, 0.1) is 0 Å². The molecule has 0 radical (unpaired) electrons. The third-order valence-electron chi connectivity index (χ3n) is 3.53. The number of ether oxygens (including phenoxy) is 1. The highest BCUT2D eigenvalue weighted by molar-refractivity contribution is 7.90. The number of nitrogens with one attached hydrogen (secondary N) is 1. The van der Waals surface area contributed by atoms with Gasteiger partial charge in [-0.25, -0.2) is 27.7 Å². The Morgan fingerprint density at radius 1 is 1.29 bits per heavy atom. The predicted octanol–water partition coefficient (Wildman–Crippen LogP) is 1.73. The molecule has 8 nitrogen and oxygen atoms in total. The minimum atomic E-state index is -4.26. The van der Waals surface area contributed by atoms with Crippen LogP contribution >= 0.6 is 0 Å². The van der Waals surface area contributed by atoms with Gasteiger partial charge >= 0.3 is 12.0 Å². The smallest absolute Gasteiger partial charge is 0.352 e. The van der Waals surface area contributed by atoms with Crippen LogP contribution in [0.1, 0.15) is 37.6 Å². The fraction of sp³-hybridized carbons (Fsp3) is 0.400. The van der Waals surface area contributed by atoms with Crippen molar-refractivity contribution < 1.29 is 22.7 Å². The largest absolute Gasteiger partial charge is 0.465 e. The molecule has 0 fully saturated rings. The Morgan fingerprint density at radius 2 is 1.92 bits per heavy atom. The number of esters is 1. The lowest BCUT2D eigenvalue weighted by atomic mass is 9.99. The van der Waals surface area contributed by atoms with Crippen molar-refractivity contribution in [3.8, 4) is 0 Å². The molecule has 0 unspecified atom stereocenters. The van der Waals surface area contributed by atoms with Crippen LogP contribution < -0.4 is 4.72 Å². The number of hydrogen-bond donors (Lipinski definition) is 1. The van der Waals surface area contributed by atoms with E-state index in [4.69, 9.17) is 0 Å². The van der Waals surface area contributed by atoms with E-state index >= 15 is 0 Å². The summed E-state index contributed by atoms with van der Waals surface area (Å²) in [5.74, 6) is -0.807. The summed E-state index contributed by atoms with van der Waals surface area (Å²) < 4.78 is 31.6. The van der Waals surface area contributed by atoms with Gasteiger partial charge in [-0.05, 0) is 32.9 Å². The van der Waals surface area contributed by atoms with Crippen LogP contribution in [0.4, 0.5) is 4.79 Å². The highest BCUT2D eigenvalue weighted by atomic mass is 32.2. The van der Waals surface area contributed by atoms with Gasteiger partial charge in [-0.1, -0.05) is 12.1 Å². The third kappa shape index (κ3) is 3.40. The number of carbonyl (C=O) groups is 2. The zero-order valence-corrected chi connectivity index (χ0v) is 14.7. The Bertz CT molecular complexity index is 814. The minimum absolute atomic E-state index is 0.152. The van der Waals surface area contributed by atoms with Crippen LogP contribution in [0.25, 0.3) is 0 Å². The van der Waals surface area contributed by atoms with Gasteiger partial charge in [0.1, 0.15) is 4.90 Å². The normalized spacial score (nSPS) is 16.5. The molecule has 1 aromatic rings. The van der Waals surface area contributed by atoms with Crippen molar-refractivity contribution in [1.29, 1.82) is 0 Å². The molecule has 1 N–H and O–H groups in total. The van der Waals surface area contributed by atoms with E-state index in [0.29, 0.717) is 6.42 Å². The maximum absolute atomic E-state index is 12.5. The first-order valence-corrected chi connectivity index (χ1v) is 8.65. The summed E-state index contributed by atoms with van der Waals surface area (Å²) in [7, 11) is -3.11. The van der Waals surface area contributed by atoms with E-state index in [0.717, 1.165) is 17.8 Å². The summed E-state index contributed by atoms with van der Waals surface area (Å²) in [5.41, 5.74) is -0.0610. The minimum Gasteiger partial charge on any atom is -0.465 e. The van der Waals surface area contributed by atoms with Crippen molar-refractivity contribution in [2.24, 2.45) is 5.10 Å². The fourth-order valence-corrected chi connectivity index (χ4v) is 3.68. The summed E-state index contributed by atoms with van der Waals surface area (Å²) >= 11 is 0. The number of carbonyl (C=O) groups excluding carboxylic acids is 2. The Hall–Kier alpha value is -2.42. The van der Waals surface area contributed by atoms with Crippen molar-refractivity contribution in [3.63, 3.8) is 0 Å². The molecule has 0 saturated heterocycles. The number of nitrogens with zero attached hydrogens (tertiary/aromatic N) is 2. The van der Waals surface area contributed by atoms with Crippen LogP contribution in [-0.4, -0.2) is 43.8 Å². The molecule has 0 aliphatic carbocycles.